The zero-order valence-corrected chi connectivity index (χ0v) is 13.8. The van der Waals surface area contributed by atoms with Crippen LogP contribution in [0.2, 0.25) is 0 Å². The van der Waals surface area contributed by atoms with Crippen molar-refractivity contribution in [1.82, 2.24) is 0 Å². The van der Waals surface area contributed by atoms with Crippen LogP contribution in [0.5, 0.6) is 11.5 Å². The van der Waals surface area contributed by atoms with Crippen LogP contribution in [0.15, 0.2) is 18.2 Å². The first kappa shape index (κ1) is 18.3. The molecule has 0 aliphatic heterocycles. The predicted octanol–water partition coefficient (Wildman–Crippen LogP) is 4.25. The first-order chi connectivity index (χ1) is 10.5. The number of unbranched alkanes of at least 4 members (excludes halogenated alkanes) is 3. The zero-order chi connectivity index (χ0) is 16.5. The monoisotopic (exact) mass is 308 g/mol. The van der Waals surface area contributed by atoms with Crippen LogP contribution in [0.1, 0.15) is 51.5 Å². The molecule has 2 N–H and O–H groups in total. The van der Waals surface area contributed by atoms with Gasteiger partial charge in [-0.15, -0.1) is 0 Å². The molecule has 0 aliphatic rings. The minimum absolute atomic E-state index is 0.182. The molecule has 0 aromatic heterocycles. The summed E-state index contributed by atoms with van der Waals surface area (Å²) in [4.78, 5) is 11.1. The van der Waals surface area contributed by atoms with E-state index in [-0.39, 0.29) is 17.6 Å². The maximum atomic E-state index is 11.1. The second-order valence-corrected chi connectivity index (χ2v) is 6.15. The smallest absolute Gasteiger partial charge is 0.306 e. The number of aromatic hydroxyl groups is 1. The first-order valence-corrected chi connectivity index (χ1v) is 8.04. The predicted molar refractivity (Wildman–Crippen MR) is 87.4 cm³/mol. The van der Waals surface area contributed by atoms with E-state index in [1.807, 2.05) is 19.9 Å². The van der Waals surface area contributed by atoms with Crippen molar-refractivity contribution in [1.29, 1.82) is 0 Å². The summed E-state index contributed by atoms with van der Waals surface area (Å²) in [5.74, 6) is -0.0274. The highest BCUT2D eigenvalue weighted by Gasteiger charge is 2.20. The van der Waals surface area contributed by atoms with Gasteiger partial charge in [0, 0.05) is 0 Å². The fourth-order valence-corrected chi connectivity index (χ4v) is 2.68. The van der Waals surface area contributed by atoms with E-state index in [1.165, 1.54) is 7.11 Å². The SMILES string of the molecule is COc1ccc(CCCCCCC(C(=O)O)C(C)C)cc1O. The van der Waals surface area contributed by atoms with Crippen molar-refractivity contribution in [3.8, 4) is 11.5 Å². The quantitative estimate of drug-likeness (QED) is 0.634. The van der Waals surface area contributed by atoms with Crippen molar-refractivity contribution in [3.05, 3.63) is 23.8 Å². The lowest BCUT2D eigenvalue weighted by Gasteiger charge is -2.15. The highest BCUT2D eigenvalue weighted by atomic mass is 16.5. The lowest BCUT2D eigenvalue weighted by atomic mass is 9.90. The van der Waals surface area contributed by atoms with Crippen LogP contribution in [0, 0.1) is 11.8 Å². The van der Waals surface area contributed by atoms with Crippen LogP contribution in [0.3, 0.4) is 0 Å². The van der Waals surface area contributed by atoms with E-state index in [0.717, 1.165) is 44.1 Å². The molecule has 1 unspecified atom stereocenters. The highest BCUT2D eigenvalue weighted by Crippen LogP contribution is 2.27. The lowest BCUT2D eigenvalue weighted by Crippen LogP contribution is -2.19. The van der Waals surface area contributed by atoms with E-state index >= 15 is 0 Å². The summed E-state index contributed by atoms with van der Waals surface area (Å²) in [6.45, 7) is 3.93. The fourth-order valence-electron chi connectivity index (χ4n) is 2.68. The molecular weight excluding hydrogens is 280 g/mol. The molecule has 4 nitrogen and oxygen atoms in total. The van der Waals surface area contributed by atoms with Gasteiger partial charge in [0.2, 0.25) is 0 Å². The molecular formula is C18H28O4. The van der Waals surface area contributed by atoms with Gasteiger partial charge in [-0.3, -0.25) is 4.79 Å². The molecule has 0 radical (unpaired) electrons. The van der Waals surface area contributed by atoms with Crippen LogP contribution >= 0.6 is 0 Å². The number of ether oxygens (including phenoxy) is 1. The molecule has 0 bridgehead atoms. The van der Waals surface area contributed by atoms with E-state index in [1.54, 1.807) is 12.1 Å². The third-order valence-corrected chi connectivity index (χ3v) is 4.10. The van der Waals surface area contributed by atoms with Gasteiger partial charge in [0.15, 0.2) is 11.5 Å². The molecule has 22 heavy (non-hydrogen) atoms. The number of hydrogen-bond acceptors (Lipinski definition) is 3. The molecule has 0 fully saturated rings. The fraction of sp³-hybridized carbons (Fsp3) is 0.611. The van der Waals surface area contributed by atoms with Crippen LogP contribution in [0.4, 0.5) is 0 Å². The van der Waals surface area contributed by atoms with E-state index < -0.39 is 5.97 Å². The number of phenolic OH excluding ortho intramolecular Hbond substituents is 1. The van der Waals surface area contributed by atoms with Gasteiger partial charge in [0.05, 0.1) is 13.0 Å². The normalized spacial score (nSPS) is 12.4. The minimum Gasteiger partial charge on any atom is -0.504 e. The van der Waals surface area contributed by atoms with Crippen molar-refractivity contribution in [3.63, 3.8) is 0 Å². The Morgan fingerprint density at radius 1 is 1.18 bits per heavy atom. The van der Waals surface area contributed by atoms with Gasteiger partial charge in [0.25, 0.3) is 0 Å². The summed E-state index contributed by atoms with van der Waals surface area (Å²) in [7, 11) is 1.54. The number of methoxy groups -OCH3 is 1. The average Bonchev–Trinajstić information content (AvgIpc) is 2.45. The molecule has 124 valence electrons. The maximum Gasteiger partial charge on any atom is 0.306 e. The Morgan fingerprint density at radius 2 is 1.86 bits per heavy atom. The number of aryl methyl sites for hydroxylation is 1. The van der Waals surface area contributed by atoms with Crippen LogP contribution < -0.4 is 4.74 Å². The summed E-state index contributed by atoms with van der Waals surface area (Å²) >= 11 is 0. The Balaban J connectivity index is 2.23. The van der Waals surface area contributed by atoms with E-state index in [0.29, 0.717) is 5.75 Å². The number of hydrogen-bond donors (Lipinski definition) is 2. The van der Waals surface area contributed by atoms with Crippen LogP contribution in [-0.4, -0.2) is 23.3 Å². The molecule has 0 aliphatic carbocycles. The lowest BCUT2D eigenvalue weighted by molar-refractivity contribution is -0.143. The second kappa shape index (κ2) is 9.34. The molecule has 1 atom stereocenters. The van der Waals surface area contributed by atoms with E-state index in [9.17, 15) is 9.90 Å². The Labute approximate surface area is 133 Å². The van der Waals surface area contributed by atoms with Gasteiger partial charge < -0.3 is 14.9 Å². The summed E-state index contributed by atoms with van der Waals surface area (Å²) in [5.41, 5.74) is 1.10. The molecule has 1 rings (SSSR count). The highest BCUT2D eigenvalue weighted by molar-refractivity contribution is 5.70. The summed E-state index contributed by atoms with van der Waals surface area (Å²) in [6, 6.07) is 5.50. The Kier molecular flexibility index (Phi) is 7.78. The maximum absolute atomic E-state index is 11.1. The van der Waals surface area contributed by atoms with Crippen molar-refractivity contribution in [2.75, 3.05) is 7.11 Å². The number of rotatable bonds is 10. The largest absolute Gasteiger partial charge is 0.504 e. The summed E-state index contributed by atoms with van der Waals surface area (Å²) < 4.78 is 5.02. The zero-order valence-electron chi connectivity index (χ0n) is 13.8. The van der Waals surface area contributed by atoms with E-state index in [4.69, 9.17) is 9.84 Å². The third kappa shape index (κ3) is 5.96. The minimum atomic E-state index is -0.677. The molecule has 0 saturated carbocycles. The molecule has 1 aromatic carbocycles. The summed E-state index contributed by atoms with van der Waals surface area (Å²) in [5, 5.41) is 18.8. The van der Waals surface area contributed by atoms with Crippen molar-refractivity contribution >= 4 is 5.97 Å². The number of carboxylic acids is 1. The second-order valence-electron chi connectivity index (χ2n) is 6.15. The molecule has 0 heterocycles. The molecule has 0 spiro atoms. The number of benzene rings is 1. The molecule has 4 heteroatoms. The molecule has 0 saturated heterocycles. The molecule has 0 amide bonds. The van der Waals surface area contributed by atoms with E-state index in [2.05, 4.69) is 0 Å². The molecule has 1 aromatic rings. The van der Waals surface area contributed by atoms with Crippen molar-refractivity contribution < 1.29 is 19.7 Å². The van der Waals surface area contributed by atoms with Crippen molar-refractivity contribution in [2.45, 2.75) is 52.4 Å². The number of phenols is 1. The van der Waals surface area contributed by atoms with Gasteiger partial charge in [-0.1, -0.05) is 39.2 Å². The average molecular weight is 308 g/mol. The van der Waals surface area contributed by atoms with Crippen LogP contribution in [0.25, 0.3) is 0 Å². The van der Waals surface area contributed by atoms with Gasteiger partial charge in [-0.2, -0.15) is 0 Å². The van der Waals surface area contributed by atoms with Crippen molar-refractivity contribution in [2.24, 2.45) is 11.8 Å². The Hall–Kier alpha value is -1.71. The standard InChI is InChI=1S/C18H28O4/c1-13(2)15(18(20)21)9-7-5-4-6-8-14-10-11-17(22-3)16(19)12-14/h10-13,15,19H,4-9H2,1-3H3,(H,20,21). The first-order valence-electron chi connectivity index (χ1n) is 8.04. The number of carbonyl (C=O) groups is 1. The Bertz CT molecular complexity index is 468. The topological polar surface area (TPSA) is 66.8 Å². The van der Waals surface area contributed by atoms with Gasteiger partial charge in [-0.05, 0) is 42.9 Å². The summed E-state index contributed by atoms with van der Waals surface area (Å²) in [6.07, 6.45) is 5.82. The van der Waals surface area contributed by atoms with Gasteiger partial charge >= 0.3 is 5.97 Å². The van der Waals surface area contributed by atoms with Gasteiger partial charge in [0.1, 0.15) is 0 Å². The third-order valence-electron chi connectivity index (χ3n) is 4.10. The Morgan fingerprint density at radius 3 is 2.41 bits per heavy atom. The number of carboxylic acid groups (broad SMARTS) is 1. The number of aliphatic carboxylic acids is 1. The van der Waals surface area contributed by atoms with Crippen LogP contribution in [-0.2, 0) is 11.2 Å². The van der Waals surface area contributed by atoms with Gasteiger partial charge in [-0.25, -0.2) is 0 Å².